The van der Waals surface area contributed by atoms with Crippen molar-refractivity contribution in [1.29, 1.82) is 0 Å². The van der Waals surface area contributed by atoms with Crippen LogP contribution in [0.5, 0.6) is 0 Å². The summed E-state index contributed by atoms with van der Waals surface area (Å²) in [5.41, 5.74) is 1.94. The number of hydrogen-bond acceptors (Lipinski definition) is 4. The lowest BCUT2D eigenvalue weighted by atomic mass is 10.1. The Balaban J connectivity index is 1.87. The predicted octanol–water partition coefficient (Wildman–Crippen LogP) is 3.04. The molecule has 1 amide bonds. The minimum absolute atomic E-state index is 0.188. The maximum atomic E-state index is 12.9. The largest absolute Gasteiger partial charge is 0.416 e. The summed E-state index contributed by atoms with van der Waals surface area (Å²) in [6.07, 6.45) is -4.42. The average molecular weight is 417 g/mol. The van der Waals surface area contributed by atoms with Crippen molar-refractivity contribution in [3.05, 3.63) is 53.6 Å². The number of rotatable bonds is 4. The van der Waals surface area contributed by atoms with E-state index in [0.717, 1.165) is 12.1 Å². The number of benzene rings is 2. The zero-order valence-electron chi connectivity index (χ0n) is 16.1. The summed E-state index contributed by atoms with van der Waals surface area (Å²) in [5.74, 6) is -0.349. The van der Waals surface area contributed by atoms with Crippen molar-refractivity contribution in [2.45, 2.75) is 19.1 Å². The summed E-state index contributed by atoms with van der Waals surface area (Å²) in [5, 5.41) is 20.6. The Morgan fingerprint density at radius 2 is 1.90 bits per heavy atom. The molecular weight excluding hydrogens is 399 g/mol. The second kappa shape index (κ2) is 7.13. The number of amides is 1. The molecule has 7 nitrogen and oxygen atoms in total. The lowest BCUT2D eigenvalue weighted by Crippen LogP contribution is -2.34. The van der Waals surface area contributed by atoms with Gasteiger partial charge in [-0.15, -0.1) is 5.10 Å². The van der Waals surface area contributed by atoms with Crippen LogP contribution in [0.3, 0.4) is 0 Å². The van der Waals surface area contributed by atoms with Gasteiger partial charge < -0.3 is 10.4 Å². The van der Waals surface area contributed by atoms with Gasteiger partial charge in [-0.1, -0.05) is 5.21 Å². The van der Waals surface area contributed by atoms with Gasteiger partial charge in [-0.05, 0) is 49.4 Å². The molecule has 30 heavy (non-hydrogen) atoms. The first-order valence-electron chi connectivity index (χ1n) is 9.14. The molecule has 2 N–H and O–H groups in total. The van der Waals surface area contributed by atoms with Gasteiger partial charge in [-0.2, -0.15) is 13.2 Å². The normalized spacial score (nSPS) is 13.1. The van der Waals surface area contributed by atoms with Crippen LogP contribution < -0.4 is 5.32 Å². The fraction of sp³-hybridized carbons (Fsp3) is 0.250. The summed E-state index contributed by atoms with van der Waals surface area (Å²) >= 11 is 0. The Kier molecular flexibility index (Phi) is 4.73. The molecule has 0 aliphatic carbocycles. The molecule has 0 spiro atoms. The van der Waals surface area contributed by atoms with Gasteiger partial charge in [0.25, 0.3) is 5.91 Å². The minimum Gasteiger partial charge on any atom is -0.394 e. The molecule has 2 aromatic carbocycles. The lowest BCUT2D eigenvalue weighted by Gasteiger charge is -2.12. The number of fused-ring (bicyclic) bond motifs is 3. The number of carbonyl (C=O) groups is 1. The zero-order valence-corrected chi connectivity index (χ0v) is 16.1. The van der Waals surface area contributed by atoms with Crippen molar-refractivity contribution in [2.75, 3.05) is 6.61 Å². The van der Waals surface area contributed by atoms with Crippen LogP contribution in [0.2, 0.25) is 0 Å². The summed E-state index contributed by atoms with van der Waals surface area (Å²) in [7, 11) is 1.69. The summed E-state index contributed by atoms with van der Waals surface area (Å²) in [4.78, 5) is 12.4. The van der Waals surface area contributed by atoms with Crippen LogP contribution >= 0.6 is 0 Å². The highest BCUT2D eigenvalue weighted by atomic mass is 19.4. The molecule has 0 saturated heterocycles. The van der Waals surface area contributed by atoms with Crippen LogP contribution in [0.25, 0.3) is 27.8 Å². The van der Waals surface area contributed by atoms with Gasteiger partial charge >= 0.3 is 6.18 Å². The number of aliphatic hydroxyl groups excluding tert-OH is 1. The minimum atomic E-state index is -4.42. The van der Waals surface area contributed by atoms with E-state index in [2.05, 4.69) is 15.6 Å². The molecule has 0 aliphatic rings. The fourth-order valence-corrected chi connectivity index (χ4v) is 3.37. The summed E-state index contributed by atoms with van der Waals surface area (Å²) in [6, 6.07) is 9.41. The van der Waals surface area contributed by atoms with Crippen molar-refractivity contribution in [3.8, 4) is 5.69 Å². The van der Waals surface area contributed by atoms with E-state index in [9.17, 15) is 18.0 Å². The number of aryl methyl sites for hydroxylation is 1. The van der Waals surface area contributed by atoms with Gasteiger partial charge in [0, 0.05) is 29.7 Å². The van der Waals surface area contributed by atoms with Crippen molar-refractivity contribution in [1.82, 2.24) is 24.9 Å². The number of carbonyl (C=O) groups excluding carboxylic acids is 1. The number of nitrogens with one attached hydrogen (secondary N) is 1. The fourth-order valence-electron chi connectivity index (χ4n) is 3.37. The number of aliphatic hydroxyl groups is 1. The third kappa shape index (κ3) is 3.28. The Labute approximate surface area is 168 Å². The maximum absolute atomic E-state index is 12.9. The number of alkyl halides is 3. The van der Waals surface area contributed by atoms with Crippen molar-refractivity contribution in [3.63, 3.8) is 0 Å². The molecular formula is C20H18F3N5O2. The first-order chi connectivity index (χ1) is 14.2. The van der Waals surface area contributed by atoms with E-state index >= 15 is 0 Å². The van der Waals surface area contributed by atoms with Crippen LogP contribution in [-0.4, -0.2) is 43.2 Å². The van der Waals surface area contributed by atoms with E-state index in [1.807, 2.05) is 0 Å². The Bertz CT molecular complexity index is 1240. The molecule has 0 unspecified atom stereocenters. The Morgan fingerprint density at radius 1 is 1.20 bits per heavy atom. The molecule has 4 aromatic rings. The smallest absolute Gasteiger partial charge is 0.394 e. The highest BCUT2D eigenvalue weighted by Crippen LogP contribution is 2.33. The third-order valence-corrected chi connectivity index (χ3v) is 4.87. The van der Waals surface area contributed by atoms with Crippen molar-refractivity contribution >= 4 is 28.0 Å². The number of nitrogens with zero attached hydrogens (tertiary/aromatic N) is 4. The second-order valence-corrected chi connectivity index (χ2v) is 7.05. The molecule has 4 rings (SSSR count). The summed E-state index contributed by atoms with van der Waals surface area (Å²) in [6.45, 7) is 1.49. The van der Waals surface area contributed by atoms with Gasteiger partial charge in [0.2, 0.25) is 0 Å². The van der Waals surface area contributed by atoms with Crippen molar-refractivity contribution < 1.29 is 23.1 Å². The number of aromatic nitrogens is 4. The molecule has 10 heteroatoms. The number of halogens is 3. The summed E-state index contributed by atoms with van der Waals surface area (Å²) < 4.78 is 42.1. The quantitative estimate of drug-likeness (QED) is 0.535. The van der Waals surface area contributed by atoms with Gasteiger partial charge in [0.1, 0.15) is 5.52 Å². The van der Waals surface area contributed by atoms with E-state index in [-0.39, 0.29) is 12.5 Å². The van der Waals surface area contributed by atoms with E-state index in [0.29, 0.717) is 33.3 Å². The van der Waals surface area contributed by atoms with Crippen LogP contribution in [0.15, 0.2) is 42.5 Å². The SMILES string of the molecule is C[C@H](CO)NC(=O)c1ccc2c(c1)c1nnn(C)c1n2-c1ccc(C(F)(F)F)cc1. The zero-order chi connectivity index (χ0) is 21.6. The molecule has 0 fully saturated rings. The van der Waals surface area contributed by atoms with Gasteiger partial charge in [0.05, 0.1) is 17.7 Å². The Morgan fingerprint density at radius 3 is 2.53 bits per heavy atom. The van der Waals surface area contributed by atoms with E-state index in [1.54, 1.807) is 36.7 Å². The first kappa shape index (κ1) is 19.9. The van der Waals surface area contributed by atoms with Crippen LogP contribution in [0.4, 0.5) is 13.2 Å². The Hall–Kier alpha value is -3.40. The van der Waals surface area contributed by atoms with E-state index in [4.69, 9.17) is 5.11 Å². The van der Waals surface area contributed by atoms with Crippen LogP contribution in [0, 0.1) is 0 Å². The monoisotopic (exact) mass is 417 g/mol. The molecule has 0 saturated carbocycles. The molecule has 156 valence electrons. The average Bonchev–Trinajstić information content (AvgIpc) is 3.24. The van der Waals surface area contributed by atoms with Gasteiger partial charge in [-0.25, -0.2) is 4.68 Å². The molecule has 2 heterocycles. The molecule has 2 aromatic heterocycles. The van der Waals surface area contributed by atoms with Crippen LogP contribution in [-0.2, 0) is 13.2 Å². The van der Waals surface area contributed by atoms with Crippen LogP contribution in [0.1, 0.15) is 22.8 Å². The predicted molar refractivity (Wildman–Crippen MR) is 104 cm³/mol. The third-order valence-electron chi connectivity index (χ3n) is 4.87. The molecule has 0 radical (unpaired) electrons. The maximum Gasteiger partial charge on any atom is 0.416 e. The second-order valence-electron chi connectivity index (χ2n) is 7.05. The highest BCUT2D eigenvalue weighted by Gasteiger charge is 2.30. The van der Waals surface area contributed by atoms with Crippen molar-refractivity contribution in [2.24, 2.45) is 7.05 Å². The number of hydrogen-bond donors (Lipinski definition) is 2. The van der Waals surface area contributed by atoms with E-state index < -0.39 is 17.8 Å². The molecule has 0 bridgehead atoms. The molecule has 1 atom stereocenters. The first-order valence-corrected chi connectivity index (χ1v) is 9.14. The van der Waals surface area contributed by atoms with E-state index in [1.165, 1.54) is 16.8 Å². The van der Waals surface area contributed by atoms with Gasteiger partial charge in [0.15, 0.2) is 5.65 Å². The molecule has 0 aliphatic heterocycles. The van der Waals surface area contributed by atoms with Gasteiger partial charge in [-0.3, -0.25) is 9.36 Å². The standard InChI is InChI=1S/C20H18F3N5O2/c1-11(10-29)24-18(30)12-3-8-16-15(9-12)17-19(27(2)26-25-17)28(16)14-6-4-13(5-7-14)20(21,22)23/h3-9,11,29H,10H2,1-2H3,(H,24,30)/t11-/m1/s1. The lowest BCUT2D eigenvalue weighted by molar-refractivity contribution is -0.137. The topological polar surface area (TPSA) is 85.0 Å². The highest BCUT2D eigenvalue weighted by molar-refractivity contribution is 6.09.